The van der Waals surface area contributed by atoms with Crippen LogP contribution in [0, 0.1) is 11.7 Å². The van der Waals surface area contributed by atoms with Crippen molar-refractivity contribution in [3.8, 4) is 16.9 Å². The van der Waals surface area contributed by atoms with E-state index in [1.54, 1.807) is 36.4 Å². The lowest BCUT2D eigenvalue weighted by atomic mass is 10.1. The number of benzene rings is 2. The maximum atomic E-state index is 13.3. The minimum Gasteiger partial charge on any atom is -0.348 e. The van der Waals surface area contributed by atoms with E-state index < -0.39 is 0 Å². The van der Waals surface area contributed by atoms with Crippen molar-refractivity contribution in [2.75, 3.05) is 0 Å². The molecule has 1 N–H and O–H groups in total. The van der Waals surface area contributed by atoms with Crippen molar-refractivity contribution in [1.29, 1.82) is 0 Å². The number of carbonyl (C=O) groups excluding carboxylic acids is 1. The average molecular weight is 420 g/mol. The van der Waals surface area contributed by atoms with Crippen LogP contribution >= 0.6 is 23.2 Å². The lowest BCUT2D eigenvalue weighted by molar-refractivity contribution is 0.0922. The fourth-order valence-electron chi connectivity index (χ4n) is 2.57. The molecule has 1 atom stereocenters. The number of hydrogen-bond acceptors (Lipinski definition) is 2. The number of rotatable bonds is 5. The first-order chi connectivity index (χ1) is 13.3. The summed E-state index contributed by atoms with van der Waals surface area (Å²) in [6.45, 7) is 6.01. The molecule has 28 heavy (non-hydrogen) atoms. The van der Waals surface area contributed by atoms with E-state index in [0.29, 0.717) is 32.7 Å². The van der Waals surface area contributed by atoms with E-state index in [1.165, 1.54) is 16.8 Å². The van der Waals surface area contributed by atoms with Crippen molar-refractivity contribution >= 4 is 29.1 Å². The Morgan fingerprint density at radius 2 is 1.71 bits per heavy atom. The molecule has 1 heterocycles. The summed E-state index contributed by atoms with van der Waals surface area (Å²) in [5, 5.41) is 8.32. The van der Waals surface area contributed by atoms with Crippen LogP contribution in [0.4, 0.5) is 4.39 Å². The Kier molecular flexibility index (Phi) is 6.06. The molecule has 0 spiro atoms. The zero-order chi connectivity index (χ0) is 20.4. The molecule has 0 bridgehead atoms. The van der Waals surface area contributed by atoms with Crippen molar-refractivity contribution in [3.63, 3.8) is 0 Å². The Labute approximate surface area is 173 Å². The zero-order valence-corrected chi connectivity index (χ0v) is 17.2. The molecule has 0 aliphatic rings. The number of amides is 1. The Balaban J connectivity index is 2.08. The molecule has 0 radical (unpaired) electrons. The molecule has 1 aromatic heterocycles. The summed E-state index contributed by atoms with van der Waals surface area (Å²) in [6, 6.07) is 12.6. The highest BCUT2D eigenvalue weighted by atomic mass is 35.5. The van der Waals surface area contributed by atoms with Gasteiger partial charge in [0.15, 0.2) is 0 Å². The number of hydrogen-bond donors (Lipinski definition) is 1. The van der Waals surface area contributed by atoms with Gasteiger partial charge in [0.2, 0.25) is 0 Å². The third-order valence-corrected chi connectivity index (χ3v) is 5.33. The van der Waals surface area contributed by atoms with E-state index in [1.807, 2.05) is 20.8 Å². The van der Waals surface area contributed by atoms with Gasteiger partial charge in [0.25, 0.3) is 5.91 Å². The number of carbonyl (C=O) groups is 1. The predicted octanol–water partition coefficient (Wildman–Crippen LogP) is 5.76. The number of aromatic nitrogens is 2. The summed E-state index contributed by atoms with van der Waals surface area (Å²) in [5.41, 5.74) is 2.20. The second kappa shape index (κ2) is 8.33. The van der Waals surface area contributed by atoms with Gasteiger partial charge in [-0.15, -0.1) is 0 Å². The molecule has 1 unspecified atom stereocenters. The van der Waals surface area contributed by atoms with Crippen LogP contribution in [-0.2, 0) is 0 Å². The summed E-state index contributed by atoms with van der Waals surface area (Å²) in [7, 11) is 0. The molecule has 146 valence electrons. The zero-order valence-electron chi connectivity index (χ0n) is 15.7. The van der Waals surface area contributed by atoms with E-state index in [4.69, 9.17) is 23.2 Å². The van der Waals surface area contributed by atoms with Crippen molar-refractivity contribution in [1.82, 2.24) is 15.1 Å². The summed E-state index contributed by atoms with van der Waals surface area (Å²) in [4.78, 5) is 12.9. The van der Waals surface area contributed by atoms with Crippen molar-refractivity contribution in [2.24, 2.45) is 5.92 Å². The van der Waals surface area contributed by atoms with Crippen LogP contribution < -0.4 is 5.32 Å². The van der Waals surface area contributed by atoms with Crippen molar-refractivity contribution in [3.05, 3.63) is 70.1 Å². The van der Waals surface area contributed by atoms with Crippen molar-refractivity contribution in [2.45, 2.75) is 26.8 Å². The van der Waals surface area contributed by atoms with Gasteiger partial charge in [-0.05, 0) is 61.4 Å². The number of halogens is 3. The topological polar surface area (TPSA) is 46.9 Å². The van der Waals surface area contributed by atoms with Crippen molar-refractivity contribution < 1.29 is 9.18 Å². The van der Waals surface area contributed by atoms with Gasteiger partial charge in [0, 0.05) is 11.6 Å². The monoisotopic (exact) mass is 419 g/mol. The normalized spacial score (nSPS) is 12.2. The van der Waals surface area contributed by atoms with Gasteiger partial charge in [-0.3, -0.25) is 4.79 Å². The Hall–Kier alpha value is -2.37. The van der Waals surface area contributed by atoms with Crippen LogP contribution in [0.5, 0.6) is 0 Å². The Morgan fingerprint density at radius 3 is 2.32 bits per heavy atom. The SMILES string of the molecule is CC(C)C(C)NC(=O)c1cc(-c2ccc(F)cc2)nn1-c1ccc(Cl)c(Cl)c1. The molecule has 0 saturated heterocycles. The molecule has 0 saturated carbocycles. The Morgan fingerprint density at radius 1 is 1.04 bits per heavy atom. The van der Waals surface area contributed by atoms with Crippen LogP contribution in [0.25, 0.3) is 16.9 Å². The van der Waals surface area contributed by atoms with Crippen LogP contribution in [0.3, 0.4) is 0 Å². The number of nitrogens with zero attached hydrogens (tertiary/aromatic N) is 2. The molecule has 2 aromatic carbocycles. The van der Waals surface area contributed by atoms with Gasteiger partial charge in [-0.25, -0.2) is 9.07 Å². The van der Waals surface area contributed by atoms with E-state index in [-0.39, 0.29) is 23.7 Å². The van der Waals surface area contributed by atoms with Gasteiger partial charge in [-0.1, -0.05) is 37.0 Å². The quantitative estimate of drug-likeness (QED) is 0.571. The Bertz CT molecular complexity index is 999. The van der Waals surface area contributed by atoms with Crippen LogP contribution in [-0.4, -0.2) is 21.7 Å². The molecule has 3 rings (SSSR count). The summed E-state index contributed by atoms with van der Waals surface area (Å²) in [6.07, 6.45) is 0. The first-order valence-corrected chi connectivity index (χ1v) is 9.64. The van der Waals surface area contributed by atoms with Gasteiger partial charge in [-0.2, -0.15) is 5.10 Å². The molecule has 7 heteroatoms. The van der Waals surface area contributed by atoms with Gasteiger partial charge in [0.05, 0.1) is 21.4 Å². The van der Waals surface area contributed by atoms with E-state index >= 15 is 0 Å². The van der Waals surface area contributed by atoms with E-state index in [9.17, 15) is 9.18 Å². The summed E-state index contributed by atoms with van der Waals surface area (Å²) in [5.74, 6) is -0.314. The molecule has 0 aliphatic carbocycles. The average Bonchev–Trinajstić information content (AvgIpc) is 3.10. The second-order valence-corrected chi connectivity index (χ2v) is 7.75. The third kappa shape index (κ3) is 4.37. The second-order valence-electron chi connectivity index (χ2n) is 6.94. The standard InChI is InChI=1S/C21H20Cl2FN3O/c1-12(2)13(3)25-21(28)20-11-19(14-4-6-15(24)7-5-14)26-27(20)16-8-9-17(22)18(23)10-16/h4-13H,1-3H3,(H,25,28). The summed E-state index contributed by atoms with van der Waals surface area (Å²) < 4.78 is 14.8. The lowest BCUT2D eigenvalue weighted by Crippen LogP contribution is -2.37. The largest absolute Gasteiger partial charge is 0.348 e. The minimum absolute atomic E-state index is 0.0149. The lowest BCUT2D eigenvalue weighted by Gasteiger charge is -2.17. The highest BCUT2D eigenvalue weighted by Crippen LogP contribution is 2.27. The fourth-order valence-corrected chi connectivity index (χ4v) is 2.86. The van der Waals surface area contributed by atoms with E-state index in [0.717, 1.165) is 0 Å². The van der Waals surface area contributed by atoms with Gasteiger partial charge >= 0.3 is 0 Å². The maximum Gasteiger partial charge on any atom is 0.270 e. The fraction of sp³-hybridized carbons (Fsp3) is 0.238. The molecule has 4 nitrogen and oxygen atoms in total. The van der Waals surface area contributed by atoms with Crippen LogP contribution in [0.2, 0.25) is 10.0 Å². The predicted molar refractivity (Wildman–Crippen MR) is 111 cm³/mol. The first-order valence-electron chi connectivity index (χ1n) is 8.88. The molecule has 1 amide bonds. The third-order valence-electron chi connectivity index (χ3n) is 4.59. The number of nitrogens with one attached hydrogen (secondary N) is 1. The minimum atomic E-state index is -0.337. The van der Waals surface area contributed by atoms with Crippen LogP contribution in [0.15, 0.2) is 48.5 Å². The molecule has 3 aromatic rings. The van der Waals surface area contributed by atoms with E-state index in [2.05, 4.69) is 10.4 Å². The summed E-state index contributed by atoms with van der Waals surface area (Å²) >= 11 is 12.2. The maximum absolute atomic E-state index is 13.3. The van der Waals surface area contributed by atoms with Gasteiger partial charge < -0.3 is 5.32 Å². The molecular formula is C21H20Cl2FN3O. The van der Waals surface area contributed by atoms with Crippen LogP contribution in [0.1, 0.15) is 31.3 Å². The van der Waals surface area contributed by atoms with Gasteiger partial charge in [0.1, 0.15) is 11.5 Å². The first kappa shape index (κ1) is 20.4. The molecular weight excluding hydrogens is 400 g/mol. The smallest absolute Gasteiger partial charge is 0.270 e. The highest BCUT2D eigenvalue weighted by molar-refractivity contribution is 6.42. The highest BCUT2D eigenvalue weighted by Gasteiger charge is 2.20. The molecule has 0 fully saturated rings. The molecule has 0 aliphatic heterocycles.